The van der Waals surface area contributed by atoms with Gasteiger partial charge in [-0.1, -0.05) is 24.3 Å². The number of benzene rings is 3. The fraction of sp³-hybridized carbons (Fsp3) is 0.167. The molecule has 2 atom stereocenters. The van der Waals surface area contributed by atoms with Crippen molar-refractivity contribution in [1.82, 2.24) is 4.90 Å². The number of carbonyl (C=O) groups is 2. The molecule has 1 saturated heterocycles. The van der Waals surface area contributed by atoms with Gasteiger partial charge in [0, 0.05) is 24.7 Å². The Morgan fingerprint density at radius 2 is 1.78 bits per heavy atom. The van der Waals surface area contributed by atoms with Gasteiger partial charge in [-0.25, -0.2) is 13.2 Å². The van der Waals surface area contributed by atoms with Crippen molar-refractivity contribution in [2.75, 3.05) is 5.32 Å². The van der Waals surface area contributed by atoms with E-state index < -0.39 is 35.5 Å². The molecule has 0 radical (unpaired) electrons. The number of β-lactam (4-membered cyclic amide) rings is 1. The summed E-state index contributed by atoms with van der Waals surface area (Å²) in [7, 11) is 0. The van der Waals surface area contributed by atoms with E-state index >= 15 is 0 Å². The van der Waals surface area contributed by atoms with Crippen molar-refractivity contribution in [3.63, 3.8) is 0 Å². The molecule has 0 aliphatic carbocycles. The van der Waals surface area contributed by atoms with Crippen LogP contribution in [0.1, 0.15) is 24.1 Å². The number of para-hydroxylation sites is 1. The number of nitrogens with one attached hydrogen (secondary N) is 1. The van der Waals surface area contributed by atoms with E-state index in [9.17, 15) is 22.8 Å². The van der Waals surface area contributed by atoms with E-state index in [1.807, 2.05) is 0 Å². The summed E-state index contributed by atoms with van der Waals surface area (Å²) in [5, 5.41) is 2.65. The van der Waals surface area contributed by atoms with Crippen LogP contribution in [0.4, 0.5) is 18.9 Å². The first-order chi connectivity index (χ1) is 15.3. The number of hydrogen-bond donors (Lipinski definition) is 1. The number of anilines is 1. The molecular formula is C24H19F3N2O3. The highest BCUT2D eigenvalue weighted by atomic mass is 19.1. The predicted molar refractivity (Wildman–Crippen MR) is 111 cm³/mol. The Morgan fingerprint density at radius 1 is 1.00 bits per heavy atom. The van der Waals surface area contributed by atoms with Gasteiger partial charge in [0.15, 0.2) is 11.6 Å². The van der Waals surface area contributed by atoms with E-state index in [4.69, 9.17) is 4.74 Å². The lowest BCUT2D eigenvalue weighted by Gasteiger charge is -2.46. The normalized spacial score (nSPS) is 17.6. The molecule has 1 aliphatic heterocycles. The van der Waals surface area contributed by atoms with E-state index in [1.54, 1.807) is 30.3 Å². The zero-order valence-corrected chi connectivity index (χ0v) is 17.0. The molecule has 0 saturated carbocycles. The quantitative estimate of drug-likeness (QED) is 0.571. The molecule has 5 nitrogen and oxygen atoms in total. The number of nitrogens with zero attached hydrogens (tertiary/aromatic N) is 1. The number of likely N-dealkylation sites (tertiary alicyclic amines) is 1. The van der Waals surface area contributed by atoms with Crippen LogP contribution < -0.4 is 10.1 Å². The number of amides is 2. The maximum absolute atomic E-state index is 14.6. The standard InChI is InChI=1S/C24H19F3N2O3/c1-14(30)28-17-6-4-5-15(11-17)13-29-22(18-12-16(25)9-10-19(18)26)23(24(29)31)32-21-8-3-2-7-20(21)27/h2-12,22-23H,13H2,1H3,(H,28,30). The molecule has 1 N–H and O–H groups in total. The zero-order valence-electron chi connectivity index (χ0n) is 17.0. The van der Waals surface area contributed by atoms with Gasteiger partial charge in [0.05, 0.1) is 0 Å². The lowest BCUT2D eigenvalue weighted by Crippen LogP contribution is -2.61. The van der Waals surface area contributed by atoms with Gasteiger partial charge in [0.2, 0.25) is 12.0 Å². The summed E-state index contributed by atoms with van der Waals surface area (Å²) >= 11 is 0. The maximum atomic E-state index is 14.6. The molecule has 2 amide bonds. The summed E-state index contributed by atoms with van der Waals surface area (Å²) in [4.78, 5) is 25.6. The van der Waals surface area contributed by atoms with Crippen LogP contribution >= 0.6 is 0 Å². The van der Waals surface area contributed by atoms with Crippen LogP contribution in [0.3, 0.4) is 0 Å². The summed E-state index contributed by atoms with van der Waals surface area (Å²) in [6.07, 6.45) is -1.22. The minimum Gasteiger partial charge on any atom is -0.475 e. The van der Waals surface area contributed by atoms with Gasteiger partial charge in [-0.15, -0.1) is 0 Å². The number of carbonyl (C=O) groups excluding carboxylic acids is 2. The minimum absolute atomic E-state index is 0.0595. The maximum Gasteiger partial charge on any atom is 0.267 e. The van der Waals surface area contributed by atoms with Crippen LogP contribution in [0.2, 0.25) is 0 Å². The second kappa shape index (κ2) is 8.74. The van der Waals surface area contributed by atoms with Crippen molar-refractivity contribution in [3.05, 3.63) is 95.3 Å². The first kappa shape index (κ1) is 21.4. The summed E-state index contributed by atoms with van der Waals surface area (Å²) in [6.45, 7) is 1.43. The number of rotatable bonds is 6. The zero-order chi connectivity index (χ0) is 22.8. The molecule has 3 aromatic rings. The second-order valence-corrected chi connectivity index (χ2v) is 7.43. The Kier molecular flexibility index (Phi) is 5.85. The molecule has 0 spiro atoms. The monoisotopic (exact) mass is 440 g/mol. The molecule has 32 heavy (non-hydrogen) atoms. The van der Waals surface area contributed by atoms with E-state index in [0.717, 1.165) is 18.2 Å². The minimum atomic E-state index is -1.22. The van der Waals surface area contributed by atoms with Crippen LogP contribution in [0.5, 0.6) is 5.75 Å². The Balaban J connectivity index is 1.65. The smallest absolute Gasteiger partial charge is 0.267 e. The van der Waals surface area contributed by atoms with E-state index in [2.05, 4.69) is 5.32 Å². The Morgan fingerprint density at radius 3 is 2.53 bits per heavy atom. The second-order valence-electron chi connectivity index (χ2n) is 7.43. The summed E-state index contributed by atoms with van der Waals surface area (Å²) in [5.74, 6) is -2.94. The lowest BCUT2D eigenvalue weighted by atomic mass is 9.89. The van der Waals surface area contributed by atoms with E-state index in [-0.39, 0.29) is 23.8 Å². The van der Waals surface area contributed by atoms with E-state index in [1.165, 1.54) is 30.0 Å². The summed E-state index contributed by atoms with van der Waals surface area (Å²) in [6, 6.07) is 14.4. The van der Waals surface area contributed by atoms with Gasteiger partial charge in [0.1, 0.15) is 17.7 Å². The molecule has 1 heterocycles. The Hall–Kier alpha value is -3.81. The van der Waals surface area contributed by atoms with Crippen LogP contribution in [0, 0.1) is 17.5 Å². The molecule has 1 fully saturated rings. The van der Waals surface area contributed by atoms with Crippen molar-refractivity contribution in [3.8, 4) is 5.75 Å². The molecule has 4 rings (SSSR count). The van der Waals surface area contributed by atoms with Crippen molar-refractivity contribution < 1.29 is 27.5 Å². The summed E-state index contributed by atoms with van der Waals surface area (Å²) in [5.41, 5.74) is 1.13. The van der Waals surface area contributed by atoms with Crippen molar-refractivity contribution >= 4 is 17.5 Å². The topological polar surface area (TPSA) is 58.6 Å². The predicted octanol–water partition coefficient (Wildman–Crippen LogP) is 4.59. The molecule has 0 bridgehead atoms. The van der Waals surface area contributed by atoms with E-state index in [0.29, 0.717) is 11.3 Å². The van der Waals surface area contributed by atoms with Gasteiger partial charge in [-0.2, -0.15) is 0 Å². The highest BCUT2D eigenvalue weighted by Crippen LogP contribution is 2.40. The van der Waals surface area contributed by atoms with Crippen LogP contribution in [-0.2, 0) is 16.1 Å². The van der Waals surface area contributed by atoms with Crippen molar-refractivity contribution in [2.24, 2.45) is 0 Å². The molecule has 8 heteroatoms. The van der Waals surface area contributed by atoms with Crippen LogP contribution in [0.15, 0.2) is 66.7 Å². The SMILES string of the molecule is CC(=O)Nc1cccc(CN2C(=O)C(Oc3ccccc3F)C2c2cc(F)ccc2F)c1. The molecule has 3 aromatic carbocycles. The molecule has 2 unspecified atom stereocenters. The first-order valence-corrected chi connectivity index (χ1v) is 9.86. The van der Waals surface area contributed by atoms with Crippen molar-refractivity contribution in [1.29, 1.82) is 0 Å². The van der Waals surface area contributed by atoms with Gasteiger partial charge in [-0.3, -0.25) is 9.59 Å². The Labute approximate surface area is 182 Å². The van der Waals surface area contributed by atoms with Crippen molar-refractivity contribution in [2.45, 2.75) is 25.6 Å². The lowest BCUT2D eigenvalue weighted by molar-refractivity contribution is -0.165. The highest BCUT2D eigenvalue weighted by molar-refractivity contribution is 5.90. The summed E-state index contributed by atoms with van der Waals surface area (Å²) < 4.78 is 48.2. The highest BCUT2D eigenvalue weighted by Gasteiger charge is 2.51. The average molecular weight is 440 g/mol. The van der Waals surface area contributed by atoms with Gasteiger partial charge in [0.25, 0.3) is 5.91 Å². The molecular weight excluding hydrogens is 421 g/mol. The largest absolute Gasteiger partial charge is 0.475 e. The number of hydrogen-bond acceptors (Lipinski definition) is 3. The third kappa shape index (κ3) is 4.30. The average Bonchev–Trinajstić information content (AvgIpc) is 2.75. The first-order valence-electron chi connectivity index (χ1n) is 9.86. The molecule has 164 valence electrons. The molecule has 1 aliphatic rings. The molecule has 0 aromatic heterocycles. The fourth-order valence-electron chi connectivity index (χ4n) is 3.70. The Bertz CT molecular complexity index is 1180. The number of ether oxygens (including phenoxy) is 1. The number of halogens is 3. The third-order valence-electron chi connectivity index (χ3n) is 5.12. The van der Waals surface area contributed by atoms with Crippen LogP contribution in [-0.4, -0.2) is 22.8 Å². The van der Waals surface area contributed by atoms with Gasteiger partial charge >= 0.3 is 0 Å². The van der Waals surface area contributed by atoms with Gasteiger partial charge in [-0.05, 0) is 48.0 Å². The third-order valence-corrected chi connectivity index (χ3v) is 5.12. The van der Waals surface area contributed by atoms with Gasteiger partial charge < -0.3 is 15.0 Å². The van der Waals surface area contributed by atoms with Crippen LogP contribution in [0.25, 0.3) is 0 Å². The fourth-order valence-corrected chi connectivity index (χ4v) is 3.70.